The molecule has 1 heterocycles. The summed E-state index contributed by atoms with van der Waals surface area (Å²) in [6.45, 7) is 5.38. The summed E-state index contributed by atoms with van der Waals surface area (Å²) in [5, 5.41) is -0.0894. The first-order valence-electron chi connectivity index (χ1n) is 7.71. The molecule has 1 aromatic carbocycles. The maximum absolute atomic E-state index is 6.37. The van der Waals surface area contributed by atoms with Crippen molar-refractivity contribution in [1.29, 1.82) is 0 Å². The highest BCUT2D eigenvalue weighted by atomic mass is 35.5. The van der Waals surface area contributed by atoms with E-state index < -0.39 is 0 Å². The molecular weight excluding hydrogens is 284 g/mol. The number of alkyl halides is 1. The van der Waals surface area contributed by atoms with Crippen LogP contribution in [0.4, 0.5) is 0 Å². The van der Waals surface area contributed by atoms with Crippen LogP contribution in [0.1, 0.15) is 50.7 Å². The number of benzene rings is 1. The zero-order chi connectivity index (χ0) is 15.0. The van der Waals surface area contributed by atoms with E-state index in [9.17, 15) is 0 Å². The van der Waals surface area contributed by atoms with Crippen LogP contribution in [0.2, 0.25) is 0 Å². The van der Waals surface area contributed by atoms with Crippen molar-refractivity contribution in [2.45, 2.75) is 51.5 Å². The first-order valence-corrected chi connectivity index (χ1v) is 8.14. The van der Waals surface area contributed by atoms with Crippen molar-refractivity contribution in [2.75, 3.05) is 7.11 Å². The van der Waals surface area contributed by atoms with Gasteiger partial charge in [0.2, 0.25) is 0 Å². The van der Waals surface area contributed by atoms with Gasteiger partial charge in [-0.15, -0.1) is 11.6 Å². The second-order valence-electron chi connectivity index (χ2n) is 6.54. The van der Waals surface area contributed by atoms with E-state index in [2.05, 4.69) is 17.6 Å². The van der Waals surface area contributed by atoms with E-state index in [-0.39, 0.29) is 5.38 Å². The molecule has 0 spiro atoms. The predicted octanol–water partition coefficient (Wildman–Crippen LogP) is 4.93. The van der Waals surface area contributed by atoms with Gasteiger partial charge in [-0.2, -0.15) is 0 Å². The quantitative estimate of drug-likeness (QED) is 0.749. The third kappa shape index (κ3) is 2.76. The van der Waals surface area contributed by atoms with Gasteiger partial charge >= 0.3 is 0 Å². The number of imidazole rings is 1. The molecule has 1 fully saturated rings. The Bertz CT molecular complexity index is 642. The largest absolute Gasteiger partial charge is 0.497 e. The van der Waals surface area contributed by atoms with Gasteiger partial charge in [0.05, 0.1) is 23.5 Å². The van der Waals surface area contributed by atoms with Gasteiger partial charge in [0, 0.05) is 12.6 Å². The molecule has 0 radical (unpaired) electrons. The Balaban J connectivity index is 2.07. The van der Waals surface area contributed by atoms with Gasteiger partial charge in [0.1, 0.15) is 11.6 Å². The van der Waals surface area contributed by atoms with E-state index in [0.29, 0.717) is 5.41 Å². The van der Waals surface area contributed by atoms with Crippen LogP contribution >= 0.6 is 11.6 Å². The second-order valence-corrected chi connectivity index (χ2v) is 7.20. The molecule has 1 saturated carbocycles. The molecule has 1 unspecified atom stereocenters. The Hall–Kier alpha value is -1.22. The minimum Gasteiger partial charge on any atom is -0.497 e. The fourth-order valence-electron chi connectivity index (χ4n) is 3.49. The van der Waals surface area contributed by atoms with Gasteiger partial charge in [-0.1, -0.05) is 19.8 Å². The molecule has 0 amide bonds. The summed E-state index contributed by atoms with van der Waals surface area (Å²) in [4.78, 5) is 4.74. The normalized spacial score (nSPS) is 19.0. The third-order valence-corrected chi connectivity index (χ3v) is 4.89. The summed E-state index contributed by atoms with van der Waals surface area (Å²) < 4.78 is 7.62. The topological polar surface area (TPSA) is 27.1 Å². The van der Waals surface area contributed by atoms with Crippen LogP contribution in [0, 0.1) is 5.41 Å². The first kappa shape index (κ1) is 14.7. The highest BCUT2D eigenvalue weighted by Gasteiger charge is 2.31. The van der Waals surface area contributed by atoms with Crippen LogP contribution < -0.4 is 4.74 Å². The number of methoxy groups -OCH3 is 1. The van der Waals surface area contributed by atoms with Crippen molar-refractivity contribution >= 4 is 22.6 Å². The molecule has 1 aliphatic rings. The second kappa shape index (κ2) is 5.53. The lowest BCUT2D eigenvalue weighted by molar-refractivity contribution is 0.281. The first-order chi connectivity index (χ1) is 10.0. The van der Waals surface area contributed by atoms with Gasteiger partial charge in [-0.25, -0.2) is 4.98 Å². The number of ether oxygens (including phenoxy) is 1. The van der Waals surface area contributed by atoms with E-state index in [1.54, 1.807) is 7.11 Å². The average Bonchev–Trinajstić information content (AvgIpc) is 3.03. The summed E-state index contributed by atoms with van der Waals surface area (Å²) >= 11 is 6.37. The smallest absolute Gasteiger partial charge is 0.127 e. The van der Waals surface area contributed by atoms with E-state index in [4.69, 9.17) is 21.3 Å². The number of rotatable bonds is 4. The SMILES string of the molecule is COc1ccc2c(c1)nc(C(C)Cl)n2CC1(C)CCCC1. The summed E-state index contributed by atoms with van der Waals surface area (Å²) in [7, 11) is 1.68. The lowest BCUT2D eigenvalue weighted by Crippen LogP contribution is -2.21. The van der Waals surface area contributed by atoms with Crippen LogP contribution in [-0.4, -0.2) is 16.7 Å². The van der Waals surface area contributed by atoms with Crippen molar-refractivity contribution in [1.82, 2.24) is 9.55 Å². The number of halogens is 1. The van der Waals surface area contributed by atoms with E-state index >= 15 is 0 Å². The third-order valence-electron chi connectivity index (χ3n) is 4.69. The Morgan fingerprint density at radius 3 is 2.71 bits per heavy atom. The predicted molar refractivity (Wildman–Crippen MR) is 87.1 cm³/mol. The molecule has 114 valence electrons. The van der Waals surface area contributed by atoms with E-state index in [1.807, 2.05) is 19.1 Å². The fraction of sp³-hybridized carbons (Fsp3) is 0.588. The molecule has 0 aliphatic heterocycles. The highest BCUT2D eigenvalue weighted by Crippen LogP contribution is 2.40. The molecule has 0 saturated heterocycles. The maximum atomic E-state index is 6.37. The molecule has 21 heavy (non-hydrogen) atoms. The van der Waals surface area contributed by atoms with Crippen LogP contribution in [-0.2, 0) is 6.54 Å². The summed E-state index contributed by atoms with van der Waals surface area (Å²) in [5.74, 6) is 1.81. The molecular formula is C17H23ClN2O. The van der Waals surface area contributed by atoms with Crippen molar-refractivity contribution in [3.05, 3.63) is 24.0 Å². The van der Waals surface area contributed by atoms with Crippen molar-refractivity contribution < 1.29 is 4.74 Å². The van der Waals surface area contributed by atoms with Gasteiger partial charge in [-0.3, -0.25) is 0 Å². The molecule has 1 atom stereocenters. The maximum Gasteiger partial charge on any atom is 0.127 e. The molecule has 0 N–H and O–H groups in total. The lowest BCUT2D eigenvalue weighted by atomic mass is 9.88. The summed E-state index contributed by atoms with van der Waals surface area (Å²) in [6, 6.07) is 6.09. The van der Waals surface area contributed by atoms with E-state index in [0.717, 1.165) is 29.2 Å². The van der Waals surface area contributed by atoms with Crippen molar-refractivity contribution in [3.63, 3.8) is 0 Å². The fourth-order valence-corrected chi connectivity index (χ4v) is 3.66. The van der Waals surface area contributed by atoms with Crippen LogP contribution in [0.3, 0.4) is 0 Å². The Labute approximate surface area is 131 Å². The lowest BCUT2D eigenvalue weighted by Gasteiger charge is -2.26. The molecule has 3 nitrogen and oxygen atoms in total. The van der Waals surface area contributed by atoms with Crippen LogP contribution in [0.25, 0.3) is 11.0 Å². The molecule has 1 aromatic heterocycles. The minimum atomic E-state index is -0.0894. The summed E-state index contributed by atoms with van der Waals surface area (Å²) in [5.41, 5.74) is 2.50. The van der Waals surface area contributed by atoms with Gasteiger partial charge in [-0.05, 0) is 37.3 Å². The molecule has 1 aliphatic carbocycles. The minimum absolute atomic E-state index is 0.0894. The van der Waals surface area contributed by atoms with E-state index in [1.165, 1.54) is 25.7 Å². The Morgan fingerprint density at radius 1 is 1.38 bits per heavy atom. The average molecular weight is 307 g/mol. The zero-order valence-corrected chi connectivity index (χ0v) is 13.8. The monoisotopic (exact) mass is 306 g/mol. The van der Waals surface area contributed by atoms with Crippen molar-refractivity contribution in [2.24, 2.45) is 5.41 Å². The molecule has 2 aromatic rings. The Morgan fingerprint density at radius 2 is 2.10 bits per heavy atom. The highest BCUT2D eigenvalue weighted by molar-refractivity contribution is 6.20. The summed E-state index contributed by atoms with van der Waals surface area (Å²) in [6.07, 6.45) is 5.25. The molecule has 0 bridgehead atoms. The standard InChI is InChI=1S/C17H23ClN2O/c1-12(18)16-19-14-10-13(21-3)6-7-15(14)20(16)11-17(2)8-4-5-9-17/h6-7,10,12H,4-5,8-9,11H2,1-3H3. The van der Waals surface area contributed by atoms with Gasteiger partial charge in [0.25, 0.3) is 0 Å². The number of hydrogen-bond donors (Lipinski definition) is 0. The number of nitrogens with zero attached hydrogens (tertiary/aromatic N) is 2. The number of fused-ring (bicyclic) bond motifs is 1. The van der Waals surface area contributed by atoms with Gasteiger partial charge in [0.15, 0.2) is 0 Å². The molecule has 3 rings (SSSR count). The molecule has 4 heteroatoms. The number of hydrogen-bond acceptors (Lipinski definition) is 2. The Kier molecular flexibility index (Phi) is 3.87. The van der Waals surface area contributed by atoms with Gasteiger partial charge < -0.3 is 9.30 Å². The zero-order valence-electron chi connectivity index (χ0n) is 13.0. The van der Waals surface area contributed by atoms with Crippen LogP contribution in [0.15, 0.2) is 18.2 Å². The van der Waals surface area contributed by atoms with Crippen molar-refractivity contribution in [3.8, 4) is 5.75 Å². The number of aromatic nitrogens is 2. The van der Waals surface area contributed by atoms with Crippen LogP contribution in [0.5, 0.6) is 5.75 Å².